The van der Waals surface area contributed by atoms with Crippen molar-refractivity contribution in [3.05, 3.63) is 78.9 Å². The number of fused-ring (bicyclic) bond motifs is 20. The molecule has 258 valence electrons. The van der Waals surface area contributed by atoms with Gasteiger partial charge in [0.25, 0.3) is 0 Å². The van der Waals surface area contributed by atoms with Gasteiger partial charge >= 0.3 is 88.7 Å². The van der Waals surface area contributed by atoms with E-state index in [9.17, 15) is 38.9 Å². The van der Waals surface area contributed by atoms with Crippen LogP contribution in [-0.4, -0.2) is 78.8 Å². The normalized spacial score (nSPS) is 12.3. The molecule has 0 radical (unpaired) electrons. The van der Waals surface area contributed by atoms with Crippen LogP contribution in [0.3, 0.4) is 0 Å². The summed E-state index contributed by atoms with van der Waals surface area (Å²) in [4.78, 5) is 28.1. The zero-order valence-electron chi connectivity index (χ0n) is 28.6. The van der Waals surface area contributed by atoms with Gasteiger partial charge in [0, 0.05) is 43.8 Å². The minimum Gasteiger partial charge on any atom is -0.744 e. The fourth-order valence-corrected chi connectivity index (χ4v) is 9.69. The van der Waals surface area contributed by atoms with Crippen LogP contribution in [0, 0.1) is 0 Å². The molecular weight excluding hydrogens is 806 g/mol. The monoisotopic (exact) mass is 820 g/mol. The molecule has 0 atom stereocenters. The second-order valence-electron chi connectivity index (χ2n) is 11.6. The molecule has 9 rings (SSSR count). The van der Waals surface area contributed by atoms with Gasteiger partial charge in [-0.05, 0) is 6.07 Å². The van der Waals surface area contributed by atoms with Crippen LogP contribution >= 0.6 is 0 Å². The molecule has 17 nitrogen and oxygen atoms in total. The van der Waals surface area contributed by atoms with E-state index in [0.29, 0.717) is 50.4 Å². The van der Waals surface area contributed by atoms with Gasteiger partial charge in [-0.25, -0.2) is 55.2 Å². The van der Waals surface area contributed by atoms with Crippen LogP contribution in [0.15, 0.2) is 93.5 Å². The molecule has 0 saturated heterocycles. The van der Waals surface area contributed by atoms with Crippen LogP contribution in [0.4, 0.5) is 0 Å². The third-order valence-electron chi connectivity index (χ3n) is 8.49. The van der Waals surface area contributed by atoms with Crippen molar-refractivity contribution in [2.45, 2.75) is 14.7 Å². The van der Waals surface area contributed by atoms with E-state index in [0.717, 1.165) is 0 Å². The van der Waals surface area contributed by atoms with Crippen LogP contribution in [0.25, 0.3) is 89.7 Å². The van der Waals surface area contributed by atoms with Gasteiger partial charge in [-0.3, -0.25) is 0 Å². The number of benzene rings is 4. The van der Waals surface area contributed by atoms with E-state index in [4.69, 9.17) is 9.97 Å². The summed E-state index contributed by atoms with van der Waals surface area (Å²) < 4.78 is 113. The molecule has 0 saturated carbocycles. The molecule has 4 aromatic carbocycles. The van der Waals surface area contributed by atoms with Crippen molar-refractivity contribution in [3.63, 3.8) is 0 Å². The number of rotatable bonds is 3. The number of H-pyrrole nitrogens is 2. The first-order chi connectivity index (χ1) is 24.7. The molecule has 2 N–H and O–H groups in total. The molecule has 8 bridgehead atoms. The molecule has 0 unspecified atom stereocenters. The van der Waals surface area contributed by atoms with Crippen molar-refractivity contribution in [2.75, 3.05) is 0 Å². The van der Waals surface area contributed by atoms with E-state index in [1.54, 1.807) is 48.5 Å². The maximum atomic E-state index is 12.9. The molecule has 55 heavy (non-hydrogen) atoms. The summed E-state index contributed by atoms with van der Waals surface area (Å²) in [5, 5.41) is 0.0200. The summed E-state index contributed by atoms with van der Waals surface area (Å²) in [5.41, 5.74) is 1.62. The average molecular weight is 821 g/mol. The molecule has 0 aliphatic carbocycles. The van der Waals surface area contributed by atoms with Crippen molar-refractivity contribution < 1.29 is 128 Å². The molecule has 3 aromatic heterocycles. The van der Waals surface area contributed by atoms with Crippen LogP contribution < -0.4 is 88.7 Å². The third kappa shape index (κ3) is 7.02. The van der Waals surface area contributed by atoms with Crippen LogP contribution in [0.5, 0.6) is 0 Å². The molecule has 0 fully saturated rings. The largest absolute Gasteiger partial charge is 1.00 e. The van der Waals surface area contributed by atoms with E-state index < -0.39 is 67.1 Å². The molecular formula is C32H15N8Na3O9S3. The van der Waals surface area contributed by atoms with E-state index in [-0.39, 0.29) is 112 Å². The van der Waals surface area contributed by atoms with Gasteiger partial charge in [0.15, 0.2) is 23.3 Å². The minimum absolute atomic E-state index is 0. The van der Waals surface area contributed by atoms with Crippen molar-refractivity contribution in [1.29, 1.82) is 0 Å². The van der Waals surface area contributed by atoms with Gasteiger partial charge in [0.1, 0.15) is 52.9 Å². The predicted molar refractivity (Wildman–Crippen MR) is 180 cm³/mol. The quantitative estimate of drug-likeness (QED) is 0.124. The first-order valence-electron chi connectivity index (χ1n) is 14.9. The summed E-state index contributed by atoms with van der Waals surface area (Å²) in [6.45, 7) is 0. The Morgan fingerprint density at radius 3 is 1.15 bits per heavy atom. The number of aromatic amines is 2. The zero-order valence-corrected chi connectivity index (χ0v) is 37.0. The maximum Gasteiger partial charge on any atom is 1.00 e. The van der Waals surface area contributed by atoms with Crippen LogP contribution in [-0.2, 0) is 30.4 Å². The van der Waals surface area contributed by atoms with E-state index in [1.165, 1.54) is 0 Å². The van der Waals surface area contributed by atoms with Crippen molar-refractivity contribution >= 4 is 74.5 Å². The van der Waals surface area contributed by atoms with Crippen LogP contribution in [0.2, 0.25) is 0 Å². The number of aromatic nitrogens is 8. The molecule has 2 aliphatic rings. The summed E-state index contributed by atoms with van der Waals surface area (Å²) in [6.07, 6.45) is 0. The van der Waals surface area contributed by atoms with Gasteiger partial charge in [0.2, 0.25) is 0 Å². The molecule has 23 heteroatoms. The summed E-state index contributed by atoms with van der Waals surface area (Å²) in [5.74, 6) is 0.205. The molecule has 5 heterocycles. The zero-order chi connectivity index (χ0) is 36.3. The van der Waals surface area contributed by atoms with Gasteiger partial charge in [-0.2, -0.15) is 0 Å². The van der Waals surface area contributed by atoms with Crippen molar-refractivity contribution in [1.82, 2.24) is 39.9 Å². The summed E-state index contributed by atoms with van der Waals surface area (Å²) >= 11 is 0. The molecule has 0 spiro atoms. The average Bonchev–Trinajstić information content (AvgIpc) is 3.82. The van der Waals surface area contributed by atoms with Gasteiger partial charge in [-0.15, -0.1) is 0 Å². The Labute approximate surface area is 376 Å². The Balaban J connectivity index is 0.00000171. The van der Waals surface area contributed by atoms with Crippen molar-refractivity contribution in [3.8, 4) is 45.6 Å². The maximum absolute atomic E-state index is 12.9. The first kappa shape index (κ1) is 41.6. The Morgan fingerprint density at radius 2 is 0.764 bits per heavy atom. The van der Waals surface area contributed by atoms with Gasteiger partial charge < -0.3 is 23.6 Å². The van der Waals surface area contributed by atoms with E-state index in [2.05, 4.69) is 29.9 Å². The Kier molecular flexibility index (Phi) is 11.1. The SMILES string of the molecule is O=S(=O)([O-])c1cc2c3nc4nc(nc5[nH]c(nc6nc(nc([nH]3)c2c(S(=O)(=O)[O-])c1S(=O)(=O)[O-])-c1ccccc1-6)c1ccccc51)-c1ccccc1-4.[Na+].[Na+].[Na+]. The molecule has 7 aromatic rings. The Hall–Kier alpha value is -3.03. The van der Waals surface area contributed by atoms with Gasteiger partial charge in [0.05, 0.1) is 14.7 Å². The molecule has 2 aliphatic heterocycles. The number of nitrogens with one attached hydrogen (secondary N) is 2. The number of hydrogen-bond donors (Lipinski definition) is 2. The summed E-state index contributed by atoms with van der Waals surface area (Å²) in [7, 11) is -18.1. The first-order valence-corrected chi connectivity index (χ1v) is 19.1. The number of nitrogens with zero attached hydrogens (tertiary/aromatic N) is 6. The van der Waals surface area contributed by atoms with E-state index >= 15 is 0 Å². The Bertz CT molecular complexity index is 3310. The smallest absolute Gasteiger partial charge is 0.744 e. The van der Waals surface area contributed by atoms with Gasteiger partial charge in [-0.1, -0.05) is 72.8 Å². The topological polar surface area (TPSA) is 281 Å². The van der Waals surface area contributed by atoms with Crippen molar-refractivity contribution in [2.24, 2.45) is 0 Å². The fourth-order valence-electron chi connectivity index (χ4n) is 6.38. The number of hydrogen-bond acceptors (Lipinski definition) is 15. The minimum atomic E-state index is -6.11. The van der Waals surface area contributed by atoms with Crippen LogP contribution in [0.1, 0.15) is 0 Å². The third-order valence-corrected chi connectivity index (χ3v) is 11.4. The second-order valence-corrected chi connectivity index (χ2v) is 15.5. The second kappa shape index (κ2) is 14.7. The predicted octanol–water partition coefficient (Wildman–Crippen LogP) is -5.41. The summed E-state index contributed by atoms with van der Waals surface area (Å²) in [6, 6.07) is 21.3. The fraction of sp³-hybridized carbons (Fsp3) is 0. The van der Waals surface area contributed by atoms with E-state index in [1.807, 2.05) is 24.3 Å². The standard InChI is InChI=1S/C32H18N8O9S3.3Na/c41-50(42,43)21-13-20-22(24(52(47,48)49)23(21)51(44,45)46)32-39-30-19-12-6-5-11-18(19)28(37-30)35-26-15-8-2-1-7-14(15)25(33-26)34-27-16-9-3-4-10-17(16)29(36-27)38-31(20)40-32;;;/h1-13H,(H,41,42,43)(H,44,45,46)(H,47,48,49)(H2,33,34,35,36,37,38,39,40);;;/q;3*+1/p-3. The molecule has 0 amide bonds. The Morgan fingerprint density at radius 1 is 0.418 bits per heavy atom.